The summed E-state index contributed by atoms with van der Waals surface area (Å²) in [7, 11) is 2.09. The number of ether oxygens (including phenoxy) is 2. The van der Waals surface area contributed by atoms with Crippen LogP contribution in [-0.4, -0.2) is 90.0 Å². The molecular weight excluding hydrogens is 513 g/mol. The summed E-state index contributed by atoms with van der Waals surface area (Å²) in [6.45, 7) is 4.89. The van der Waals surface area contributed by atoms with Crippen molar-refractivity contribution in [1.29, 1.82) is 0 Å². The molecule has 2 aliphatic rings. The van der Waals surface area contributed by atoms with E-state index in [1.807, 2.05) is 0 Å². The molecule has 0 radical (unpaired) electrons. The number of nitrogens with zero attached hydrogens (tertiary/aromatic N) is 5. The fraction of sp³-hybridized carbons (Fsp3) is 0.385. The fourth-order valence-corrected chi connectivity index (χ4v) is 4.37. The fourth-order valence-electron chi connectivity index (χ4n) is 4.20. The molecule has 0 bridgehead atoms. The molecule has 0 spiro atoms. The number of benzene rings is 1. The lowest BCUT2D eigenvalue weighted by molar-refractivity contribution is -0.117. The SMILES string of the molecule is CN1CCCN(CC(=O)Nc2cc(Nc3cc(-c4cc(Cl)ccc4F)nnc3OC3COC3)ccn2)CC1. The number of pyridine rings is 1. The molecular formula is C26H29ClFN7O3. The third-order valence-electron chi connectivity index (χ3n) is 6.34. The van der Waals surface area contributed by atoms with Crippen molar-refractivity contribution in [3.63, 3.8) is 0 Å². The Morgan fingerprint density at radius 1 is 1.16 bits per heavy atom. The number of carbonyl (C=O) groups excluding carboxylic acids is 1. The number of anilines is 3. The summed E-state index contributed by atoms with van der Waals surface area (Å²) in [5, 5.41) is 14.9. The molecule has 38 heavy (non-hydrogen) atoms. The van der Waals surface area contributed by atoms with Crippen LogP contribution in [0.3, 0.4) is 0 Å². The van der Waals surface area contributed by atoms with Crippen molar-refractivity contribution in [3.05, 3.63) is 53.4 Å². The van der Waals surface area contributed by atoms with E-state index in [4.69, 9.17) is 21.1 Å². The van der Waals surface area contributed by atoms with E-state index in [0.717, 1.165) is 32.6 Å². The molecule has 4 heterocycles. The Bertz CT molecular complexity index is 1290. The number of hydrogen-bond donors (Lipinski definition) is 2. The second-order valence-electron chi connectivity index (χ2n) is 9.39. The number of halogens is 2. The van der Waals surface area contributed by atoms with Gasteiger partial charge in [0.15, 0.2) is 0 Å². The third-order valence-corrected chi connectivity index (χ3v) is 6.57. The van der Waals surface area contributed by atoms with Crippen molar-refractivity contribution in [2.75, 3.05) is 63.6 Å². The number of aromatic nitrogens is 3. The highest BCUT2D eigenvalue weighted by Crippen LogP contribution is 2.32. The zero-order valence-electron chi connectivity index (χ0n) is 21.0. The maximum Gasteiger partial charge on any atom is 0.257 e. The van der Waals surface area contributed by atoms with Crippen molar-refractivity contribution < 1.29 is 18.7 Å². The highest BCUT2D eigenvalue weighted by Gasteiger charge is 2.23. The van der Waals surface area contributed by atoms with E-state index in [-0.39, 0.29) is 29.1 Å². The summed E-state index contributed by atoms with van der Waals surface area (Å²) in [6, 6.07) is 9.35. The van der Waals surface area contributed by atoms with E-state index in [9.17, 15) is 9.18 Å². The van der Waals surface area contributed by atoms with E-state index in [1.165, 1.54) is 18.2 Å². The molecule has 0 aliphatic carbocycles. The Hall–Kier alpha value is -3.38. The van der Waals surface area contributed by atoms with Gasteiger partial charge in [-0.15, -0.1) is 10.2 Å². The molecule has 2 aromatic heterocycles. The second kappa shape index (κ2) is 12.0. The van der Waals surface area contributed by atoms with Crippen LogP contribution in [0.25, 0.3) is 11.3 Å². The van der Waals surface area contributed by atoms with Gasteiger partial charge in [-0.2, -0.15) is 0 Å². The zero-order valence-corrected chi connectivity index (χ0v) is 21.7. The van der Waals surface area contributed by atoms with Gasteiger partial charge < -0.3 is 25.0 Å². The first kappa shape index (κ1) is 26.2. The molecule has 0 atom stereocenters. The van der Waals surface area contributed by atoms with Crippen LogP contribution in [-0.2, 0) is 9.53 Å². The average molecular weight is 542 g/mol. The lowest BCUT2D eigenvalue weighted by Gasteiger charge is -2.27. The van der Waals surface area contributed by atoms with Crippen LogP contribution in [0.2, 0.25) is 5.02 Å². The molecule has 10 nitrogen and oxygen atoms in total. The largest absolute Gasteiger partial charge is 0.467 e. The van der Waals surface area contributed by atoms with Gasteiger partial charge in [0.1, 0.15) is 23.4 Å². The Labute approximate surface area is 225 Å². The molecule has 2 N–H and O–H groups in total. The summed E-state index contributed by atoms with van der Waals surface area (Å²) >= 11 is 6.08. The Morgan fingerprint density at radius 3 is 2.84 bits per heavy atom. The highest BCUT2D eigenvalue weighted by atomic mass is 35.5. The monoisotopic (exact) mass is 541 g/mol. The van der Waals surface area contributed by atoms with Crippen molar-refractivity contribution in [3.8, 4) is 17.1 Å². The minimum atomic E-state index is -0.472. The highest BCUT2D eigenvalue weighted by molar-refractivity contribution is 6.30. The van der Waals surface area contributed by atoms with E-state index in [2.05, 4.69) is 42.7 Å². The van der Waals surface area contributed by atoms with Crippen LogP contribution in [0.5, 0.6) is 5.88 Å². The number of nitrogens with one attached hydrogen (secondary N) is 2. The van der Waals surface area contributed by atoms with Crippen LogP contribution in [0.4, 0.5) is 21.6 Å². The maximum atomic E-state index is 14.5. The van der Waals surface area contributed by atoms with Crippen LogP contribution in [0.15, 0.2) is 42.6 Å². The minimum absolute atomic E-state index is 0.127. The van der Waals surface area contributed by atoms with Gasteiger partial charge >= 0.3 is 0 Å². The topological polar surface area (TPSA) is 105 Å². The molecule has 2 aliphatic heterocycles. The normalized spacial score (nSPS) is 16.9. The number of hydrogen-bond acceptors (Lipinski definition) is 9. The van der Waals surface area contributed by atoms with E-state index in [0.29, 0.717) is 42.0 Å². The predicted octanol–water partition coefficient (Wildman–Crippen LogP) is 3.43. The standard InChI is InChI=1S/C26H29ClFN7O3/c1-34-7-2-8-35(10-9-34)14-25(36)31-24-12-18(5-6-29-24)30-23-13-22(20-11-17(27)3-4-21(20)28)32-33-26(23)38-19-15-37-16-19/h3-6,11-13,19H,2,7-10,14-16H2,1H3,(H2,29,30,31,32,36). The molecule has 1 amide bonds. The number of carbonyl (C=O) groups is 1. The van der Waals surface area contributed by atoms with E-state index in [1.54, 1.807) is 24.4 Å². The summed E-state index contributed by atoms with van der Waals surface area (Å²) in [4.78, 5) is 21.4. The minimum Gasteiger partial charge on any atom is -0.467 e. The van der Waals surface area contributed by atoms with Crippen molar-refractivity contribution in [1.82, 2.24) is 25.0 Å². The van der Waals surface area contributed by atoms with Crippen LogP contribution in [0.1, 0.15) is 6.42 Å². The first-order valence-electron chi connectivity index (χ1n) is 12.4. The molecule has 2 saturated heterocycles. The molecule has 0 unspecified atom stereocenters. The van der Waals surface area contributed by atoms with E-state index >= 15 is 0 Å². The summed E-state index contributed by atoms with van der Waals surface area (Å²) in [5.41, 5.74) is 1.61. The maximum absolute atomic E-state index is 14.5. The van der Waals surface area contributed by atoms with Crippen molar-refractivity contribution in [2.24, 2.45) is 0 Å². The lowest BCUT2D eigenvalue weighted by atomic mass is 10.1. The predicted molar refractivity (Wildman–Crippen MR) is 142 cm³/mol. The number of amides is 1. The van der Waals surface area contributed by atoms with Gasteiger partial charge in [-0.25, -0.2) is 9.37 Å². The molecule has 0 saturated carbocycles. The molecule has 3 aromatic rings. The Morgan fingerprint density at radius 2 is 2.03 bits per heavy atom. The molecule has 1 aromatic carbocycles. The van der Waals surface area contributed by atoms with Crippen molar-refractivity contribution in [2.45, 2.75) is 12.5 Å². The second-order valence-corrected chi connectivity index (χ2v) is 9.82. The molecule has 5 rings (SSSR count). The van der Waals surface area contributed by atoms with Gasteiger partial charge in [0.05, 0.1) is 25.5 Å². The van der Waals surface area contributed by atoms with E-state index < -0.39 is 5.82 Å². The third kappa shape index (κ3) is 6.73. The molecule has 200 valence electrons. The summed E-state index contributed by atoms with van der Waals surface area (Å²) < 4.78 is 25.6. The van der Waals surface area contributed by atoms with Gasteiger partial charge in [0, 0.05) is 41.6 Å². The van der Waals surface area contributed by atoms with Gasteiger partial charge in [-0.3, -0.25) is 9.69 Å². The van der Waals surface area contributed by atoms with Crippen LogP contribution in [0, 0.1) is 5.82 Å². The first-order valence-corrected chi connectivity index (χ1v) is 12.8. The number of rotatable bonds is 8. The smallest absolute Gasteiger partial charge is 0.257 e. The quantitative estimate of drug-likeness (QED) is 0.444. The first-order chi connectivity index (χ1) is 18.4. The van der Waals surface area contributed by atoms with Gasteiger partial charge in [0.2, 0.25) is 5.91 Å². The summed E-state index contributed by atoms with van der Waals surface area (Å²) in [5.74, 6) is 0.0566. The van der Waals surface area contributed by atoms with Gasteiger partial charge in [-0.05, 0) is 56.9 Å². The lowest BCUT2D eigenvalue weighted by Crippen LogP contribution is -2.39. The molecule has 12 heteroatoms. The molecule has 2 fully saturated rings. The Balaban J connectivity index is 1.33. The average Bonchev–Trinajstić information content (AvgIpc) is 3.07. The van der Waals surface area contributed by atoms with Gasteiger partial charge in [-0.1, -0.05) is 11.6 Å². The van der Waals surface area contributed by atoms with Crippen LogP contribution < -0.4 is 15.4 Å². The number of likely N-dealkylation sites (N-methyl/N-ethyl adjacent to an activating group) is 1. The summed E-state index contributed by atoms with van der Waals surface area (Å²) in [6.07, 6.45) is 2.47. The zero-order chi connectivity index (χ0) is 26.5. The van der Waals surface area contributed by atoms with Gasteiger partial charge in [0.25, 0.3) is 5.88 Å². The Kier molecular flexibility index (Phi) is 8.28. The van der Waals surface area contributed by atoms with Crippen molar-refractivity contribution >= 4 is 34.7 Å². The van der Waals surface area contributed by atoms with Crippen LogP contribution >= 0.6 is 11.6 Å².